The minimum absolute atomic E-state index is 0.257. The number of nitrogens with zero attached hydrogens (tertiary/aromatic N) is 2. The molecule has 3 aromatic rings. The maximum Gasteiger partial charge on any atom is 0.310 e. The first-order chi connectivity index (χ1) is 9.31. The van der Waals surface area contributed by atoms with E-state index in [1.54, 1.807) is 0 Å². The molecule has 0 saturated heterocycles. The molecule has 0 amide bonds. The average Bonchev–Trinajstić information content (AvgIpc) is 2.47. The predicted molar refractivity (Wildman–Crippen MR) is 73.9 cm³/mol. The molecule has 0 saturated carbocycles. The molecule has 94 valence electrons. The molecule has 0 spiro atoms. The lowest BCUT2D eigenvalue weighted by atomic mass is 10.1. The van der Waals surface area contributed by atoms with Gasteiger partial charge < -0.3 is 4.84 Å². The Kier molecular flexibility index (Phi) is 2.76. The van der Waals surface area contributed by atoms with E-state index < -0.39 is 0 Å². The smallest absolute Gasteiger partial charge is 0.310 e. The highest BCUT2D eigenvalue weighted by atomic mass is 16.6. The van der Waals surface area contributed by atoms with E-state index in [9.17, 15) is 4.79 Å². The molecular formula is C15H12N2O2. The number of benzene rings is 2. The summed E-state index contributed by atoms with van der Waals surface area (Å²) in [6, 6.07) is 16.8. The van der Waals surface area contributed by atoms with Crippen molar-refractivity contribution in [2.75, 3.05) is 7.11 Å². The predicted octanol–water partition coefficient (Wildman–Crippen LogP) is 2.12. The lowest BCUT2D eigenvalue weighted by molar-refractivity contribution is 0.169. The van der Waals surface area contributed by atoms with Crippen molar-refractivity contribution in [2.24, 2.45) is 0 Å². The van der Waals surface area contributed by atoms with E-state index in [-0.39, 0.29) is 5.56 Å². The standard InChI is InChI=1S/C15H12N2O2/c1-19-17-13-10-6-5-9-12(13)16-14(15(17)18)11-7-3-2-4-8-11/h2-10H,1H3. The second-order valence-corrected chi connectivity index (χ2v) is 4.10. The van der Waals surface area contributed by atoms with Crippen LogP contribution in [-0.2, 0) is 0 Å². The van der Waals surface area contributed by atoms with Gasteiger partial charge in [-0.25, -0.2) is 4.98 Å². The van der Waals surface area contributed by atoms with Crippen molar-refractivity contribution >= 4 is 11.0 Å². The molecule has 1 aromatic heterocycles. The number of rotatable bonds is 2. The fourth-order valence-electron chi connectivity index (χ4n) is 2.07. The maximum atomic E-state index is 12.4. The third kappa shape index (κ3) is 1.87. The third-order valence-electron chi connectivity index (χ3n) is 2.95. The highest BCUT2D eigenvalue weighted by Gasteiger charge is 2.12. The quantitative estimate of drug-likeness (QED) is 0.701. The summed E-state index contributed by atoms with van der Waals surface area (Å²) in [7, 11) is 1.47. The fourth-order valence-corrected chi connectivity index (χ4v) is 2.07. The minimum Gasteiger partial charge on any atom is -0.413 e. The Morgan fingerprint density at radius 1 is 1.00 bits per heavy atom. The molecule has 0 aliphatic rings. The summed E-state index contributed by atoms with van der Waals surface area (Å²) in [6.45, 7) is 0. The monoisotopic (exact) mass is 252 g/mol. The van der Waals surface area contributed by atoms with Crippen molar-refractivity contribution in [1.82, 2.24) is 9.71 Å². The second-order valence-electron chi connectivity index (χ2n) is 4.10. The van der Waals surface area contributed by atoms with Crippen LogP contribution in [0.15, 0.2) is 59.4 Å². The molecule has 1 heterocycles. The maximum absolute atomic E-state index is 12.4. The Bertz CT molecular complexity index is 779. The van der Waals surface area contributed by atoms with Gasteiger partial charge in [-0.2, -0.15) is 0 Å². The van der Waals surface area contributed by atoms with Crippen molar-refractivity contribution < 1.29 is 4.84 Å². The molecule has 2 aromatic carbocycles. The Balaban J connectivity index is 2.39. The largest absolute Gasteiger partial charge is 0.413 e. The molecule has 19 heavy (non-hydrogen) atoms. The van der Waals surface area contributed by atoms with Crippen LogP contribution in [0.5, 0.6) is 0 Å². The van der Waals surface area contributed by atoms with Gasteiger partial charge in [0.15, 0.2) is 0 Å². The van der Waals surface area contributed by atoms with Gasteiger partial charge in [0.1, 0.15) is 18.3 Å². The van der Waals surface area contributed by atoms with Gasteiger partial charge >= 0.3 is 5.56 Å². The summed E-state index contributed by atoms with van der Waals surface area (Å²) < 4.78 is 1.27. The number of fused-ring (bicyclic) bond motifs is 1. The van der Waals surface area contributed by atoms with Crippen LogP contribution in [0.2, 0.25) is 0 Å². The summed E-state index contributed by atoms with van der Waals surface area (Å²) in [6.07, 6.45) is 0. The van der Waals surface area contributed by atoms with Gasteiger partial charge in [-0.3, -0.25) is 4.79 Å². The number of hydrogen-bond donors (Lipinski definition) is 0. The molecule has 0 fully saturated rings. The van der Waals surface area contributed by atoms with E-state index in [1.165, 1.54) is 11.8 Å². The molecule has 0 unspecified atom stereocenters. The van der Waals surface area contributed by atoms with Crippen molar-refractivity contribution in [3.63, 3.8) is 0 Å². The van der Waals surface area contributed by atoms with Crippen LogP contribution in [0, 0.1) is 0 Å². The molecule has 0 bridgehead atoms. The van der Waals surface area contributed by atoms with Gasteiger partial charge in [0.2, 0.25) is 0 Å². The van der Waals surface area contributed by atoms with Gasteiger partial charge in [0, 0.05) is 5.56 Å². The lowest BCUT2D eigenvalue weighted by Crippen LogP contribution is -2.27. The summed E-state index contributed by atoms with van der Waals surface area (Å²) in [5.74, 6) is 0. The normalized spacial score (nSPS) is 10.6. The zero-order valence-corrected chi connectivity index (χ0v) is 10.4. The Morgan fingerprint density at radius 2 is 1.68 bits per heavy atom. The summed E-state index contributed by atoms with van der Waals surface area (Å²) in [5, 5.41) is 0. The first kappa shape index (κ1) is 11.5. The Morgan fingerprint density at radius 3 is 2.42 bits per heavy atom. The molecule has 4 nitrogen and oxygen atoms in total. The number of hydrogen-bond acceptors (Lipinski definition) is 3. The van der Waals surface area contributed by atoms with Gasteiger partial charge in [-0.15, -0.1) is 4.73 Å². The van der Waals surface area contributed by atoms with Gasteiger partial charge in [0.05, 0.1) is 5.52 Å². The molecular weight excluding hydrogens is 240 g/mol. The van der Waals surface area contributed by atoms with Crippen LogP contribution in [0.3, 0.4) is 0 Å². The highest BCUT2D eigenvalue weighted by molar-refractivity contribution is 5.77. The third-order valence-corrected chi connectivity index (χ3v) is 2.95. The van der Waals surface area contributed by atoms with Crippen LogP contribution >= 0.6 is 0 Å². The molecule has 0 aliphatic heterocycles. The number of para-hydroxylation sites is 2. The Labute approximate surface area is 109 Å². The lowest BCUT2D eigenvalue weighted by Gasteiger charge is -2.10. The van der Waals surface area contributed by atoms with Crippen molar-refractivity contribution in [2.45, 2.75) is 0 Å². The SMILES string of the molecule is COn1c(=O)c(-c2ccccc2)nc2ccccc21. The van der Waals surface area contributed by atoms with Crippen molar-refractivity contribution in [1.29, 1.82) is 0 Å². The van der Waals surface area contributed by atoms with Crippen LogP contribution in [0.4, 0.5) is 0 Å². The Hall–Kier alpha value is -2.62. The first-order valence-electron chi connectivity index (χ1n) is 5.93. The van der Waals surface area contributed by atoms with Crippen LogP contribution in [-0.4, -0.2) is 16.8 Å². The van der Waals surface area contributed by atoms with Crippen LogP contribution < -0.4 is 10.4 Å². The summed E-state index contributed by atoms with van der Waals surface area (Å²) in [5.41, 5.74) is 2.30. The number of aromatic nitrogens is 2. The van der Waals surface area contributed by atoms with Gasteiger partial charge in [0.25, 0.3) is 0 Å². The fraction of sp³-hybridized carbons (Fsp3) is 0.0667. The zero-order chi connectivity index (χ0) is 13.2. The molecule has 4 heteroatoms. The molecule has 0 aliphatic carbocycles. The average molecular weight is 252 g/mol. The first-order valence-corrected chi connectivity index (χ1v) is 5.93. The minimum atomic E-state index is -0.257. The van der Waals surface area contributed by atoms with E-state index in [2.05, 4.69) is 4.98 Å². The molecule has 0 radical (unpaired) electrons. The van der Waals surface area contributed by atoms with E-state index in [0.717, 1.165) is 11.1 Å². The molecule has 0 N–H and O–H groups in total. The highest BCUT2D eigenvalue weighted by Crippen LogP contribution is 2.16. The summed E-state index contributed by atoms with van der Waals surface area (Å²) >= 11 is 0. The van der Waals surface area contributed by atoms with Crippen LogP contribution in [0.1, 0.15) is 0 Å². The van der Waals surface area contributed by atoms with E-state index in [1.807, 2.05) is 54.6 Å². The van der Waals surface area contributed by atoms with Crippen molar-refractivity contribution in [3.05, 3.63) is 65.0 Å². The van der Waals surface area contributed by atoms with Crippen molar-refractivity contribution in [3.8, 4) is 11.3 Å². The van der Waals surface area contributed by atoms with Crippen LogP contribution in [0.25, 0.3) is 22.3 Å². The van der Waals surface area contributed by atoms with Gasteiger partial charge in [-0.1, -0.05) is 42.5 Å². The van der Waals surface area contributed by atoms with E-state index >= 15 is 0 Å². The topological polar surface area (TPSA) is 44.1 Å². The summed E-state index contributed by atoms with van der Waals surface area (Å²) in [4.78, 5) is 22.0. The van der Waals surface area contributed by atoms with Gasteiger partial charge in [-0.05, 0) is 12.1 Å². The second kappa shape index (κ2) is 4.57. The molecule has 0 atom stereocenters. The van der Waals surface area contributed by atoms with E-state index in [4.69, 9.17) is 4.84 Å². The molecule has 3 rings (SSSR count). The zero-order valence-electron chi connectivity index (χ0n) is 10.4. The van der Waals surface area contributed by atoms with E-state index in [0.29, 0.717) is 11.2 Å².